The van der Waals surface area contributed by atoms with E-state index in [2.05, 4.69) is 50.0 Å². The lowest BCUT2D eigenvalue weighted by Gasteiger charge is -2.35. The van der Waals surface area contributed by atoms with Crippen LogP contribution in [0.2, 0.25) is 0 Å². The third kappa shape index (κ3) is 6.72. The molecule has 0 bridgehead atoms. The van der Waals surface area contributed by atoms with Crippen LogP contribution in [0.15, 0.2) is 0 Å². The van der Waals surface area contributed by atoms with Gasteiger partial charge >= 0.3 is 0 Å². The molecule has 1 saturated heterocycles. The molecule has 0 spiro atoms. The molecule has 1 N–H and O–H groups in total. The van der Waals surface area contributed by atoms with Crippen LogP contribution < -0.4 is 5.32 Å². The molecular weight excluding hydrogens is 222 g/mol. The molecule has 0 radical (unpaired) electrons. The summed E-state index contributed by atoms with van der Waals surface area (Å²) in [5, 5.41) is 3.57. The van der Waals surface area contributed by atoms with Gasteiger partial charge in [-0.2, -0.15) is 0 Å². The second-order valence-corrected chi connectivity index (χ2v) is 7.08. The van der Waals surface area contributed by atoms with Crippen molar-refractivity contribution in [2.24, 2.45) is 5.41 Å². The number of likely N-dealkylation sites (N-methyl/N-ethyl adjacent to an activating group) is 1. The molecule has 1 heterocycles. The van der Waals surface area contributed by atoms with Crippen molar-refractivity contribution >= 4 is 0 Å². The Morgan fingerprint density at radius 2 is 1.78 bits per heavy atom. The average molecular weight is 255 g/mol. The highest BCUT2D eigenvalue weighted by Gasteiger charge is 2.19. The molecule has 0 aromatic rings. The maximum atomic E-state index is 3.57. The molecule has 108 valence electrons. The molecule has 0 aliphatic carbocycles. The lowest BCUT2D eigenvalue weighted by atomic mass is 9.92. The number of rotatable bonds is 6. The molecule has 1 aliphatic heterocycles. The molecular formula is C15H33N3. The molecule has 3 heteroatoms. The van der Waals surface area contributed by atoms with Gasteiger partial charge in [-0.15, -0.1) is 0 Å². The molecule has 0 aromatic carbocycles. The van der Waals surface area contributed by atoms with E-state index < -0.39 is 0 Å². The SMILES string of the molecule is CN1CCC(N(C)CCNCCC(C)(C)C)CC1. The second kappa shape index (κ2) is 7.46. The predicted molar refractivity (Wildman–Crippen MR) is 80.1 cm³/mol. The monoisotopic (exact) mass is 255 g/mol. The van der Waals surface area contributed by atoms with E-state index in [1.807, 2.05) is 0 Å². The van der Waals surface area contributed by atoms with Crippen LogP contribution in [0.25, 0.3) is 0 Å². The van der Waals surface area contributed by atoms with Gasteiger partial charge < -0.3 is 15.1 Å². The summed E-state index contributed by atoms with van der Waals surface area (Å²) in [7, 11) is 4.51. The first kappa shape index (κ1) is 15.9. The Labute approximate surface area is 114 Å². The summed E-state index contributed by atoms with van der Waals surface area (Å²) < 4.78 is 0. The molecule has 18 heavy (non-hydrogen) atoms. The first-order chi connectivity index (χ1) is 8.38. The first-order valence-electron chi connectivity index (χ1n) is 7.48. The number of hydrogen-bond acceptors (Lipinski definition) is 3. The highest BCUT2D eigenvalue weighted by Crippen LogP contribution is 2.17. The minimum absolute atomic E-state index is 0.451. The molecule has 0 amide bonds. The Morgan fingerprint density at radius 3 is 2.33 bits per heavy atom. The van der Waals surface area contributed by atoms with Gasteiger partial charge in [0.1, 0.15) is 0 Å². The van der Waals surface area contributed by atoms with Gasteiger partial charge in [-0.05, 0) is 58.4 Å². The van der Waals surface area contributed by atoms with Crippen LogP contribution in [-0.4, -0.2) is 62.7 Å². The van der Waals surface area contributed by atoms with Crippen LogP contribution in [0.1, 0.15) is 40.0 Å². The fourth-order valence-corrected chi connectivity index (χ4v) is 2.46. The van der Waals surface area contributed by atoms with Gasteiger partial charge in [0.25, 0.3) is 0 Å². The lowest BCUT2D eigenvalue weighted by molar-refractivity contribution is 0.145. The van der Waals surface area contributed by atoms with Gasteiger partial charge in [-0.25, -0.2) is 0 Å². The Morgan fingerprint density at radius 1 is 1.17 bits per heavy atom. The van der Waals surface area contributed by atoms with Gasteiger partial charge in [0.2, 0.25) is 0 Å². The topological polar surface area (TPSA) is 18.5 Å². The summed E-state index contributed by atoms with van der Waals surface area (Å²) in [6, 6.07) is 0.797. The largest absolute Gasteiger partial charge is 0.315 e. The number of nitrogens with one attached hydrogen (secondary N) is 1. The Kier molecular flexibility index (Phi) is 6.61. The van der Waals surface area contributed by atoms with Gasteiger partial charge in [0.15, 0.2) is 0 Å². The Hall–Kier alpha value is -0.120. The zero-order chi connectivity index (χ0) is 13.6. The van der Waals surface area contributed by atoms with Crippen LogP contribution in [-0.2, 0) is 0 Å². The standard InChI is InChI=1S/C15H33N3/c1-15(2,3)8-9-16-10-13-18(5)14-6-11-17(4)12-7-14/h14,16H,6-13H2,1-5H3. The number of piperidine rings is 1. The summed E-state index contributed by atoms with van der Waals surface area (Å²) in [4.78, 5) is 4.98. The molecule has 0 saturated carbocycles. The average Bonchev–Trinajstić information content (AvgIpc) is 2.27. The van der Waals surface area contributed by atoms with Crippen LogP contribution in [0.4, 0.5) is 0 Å². The van der Waals surface area contributed by atoms with Gasteiger partial charge in [-0.1, -0.05) is 20.8 Å². The zero-order valence-electron chi connectivity index (χ0n) is 13.1. The maximum absolute atomic E-state index is 3.57. The van der Waals surface area contributed by atoms with Crippen LogP contribution in [0.3, 0.4) is 0 Å². The molecule has 1 fully saturated rings. The molecule has 0 aromatic heterocycles. The van der Waals surface area contributed by atoms with E-state index in [4.69, 9.17) is 0 Å². The third-order valence-corrected chi connectivity index (χ3v) is 4.00. The number of nitrogens with zero attached hydrogens (tertiary/aromatic N) is 2. The second-order valence-electron chi connectivity index (χ2n) is 7.08. The van der Waals surface area contributed by atoms with E-state index in [1.54, 1.807) is 0 Å². The third-order valence-electron chi connectivity index (χ3n) is 4.00. The smallest absolute Gasteiger partial charge is 0.0117 e. The van der Waals surface area contributed by atoms with Crippen molar-refractivity contribution in [1.82, 2.24) is 15.1 Å². The lowest BCUT2D eigenvalue weighted by Crippen LogP contribution is -2.44. The molecule has 1 aliphatic rings. The normalized spacial score (nSPS) is 19.7. The van der Waals surface area contributed by atoms with E-state index in [-0.39, 0.29) is 0 Å². The van der Waals surface area contributed by atoms with Crippen LogP contribution >= 0.6 is 0 Å². The van der Waals surface area contributed by atoms with Gasteiger partial charge in [0.05, 0.1) is 0 Å². The molecule has 1 rings (SSSR count). The van der Waals surface area contributed by atoms with Crippen molar-refractivity contribution < 1.29 is 0 Å². The maximum Gasteiger partial charge on any atom is 0.0117 e. The number of hydrogen-bond donors (Lipinski definition) is 1. The fraction of sp³-hybridized carbons (Fsp3) is 1.00. The minimum Gasteiger partial charge on any atom is -0.315 e. The van der Waals surface area contributed by atoms with Gasteiger partial charge in [0, 0.05) is 19.1 Å². The van der Waals surface area contributed by atoms with E-state index in [0.717, 1.165) is 19.1 Å². The van der Waals surface area contributed by atoms with Crippen molar-refractivity contribution in [1.29, 1.82) is 0 Å². The minimum atomic E-state index is 0.451. The highest BCUT2D eigenvalue weighted by molar-refractivity contribution is 4.77. The van der Waals surface area contributed by atoms with Crippen molar-refractivity contribution in [3.63, 3.8) is 0 Å². The summed E-state index contributed by atoms with van der Waals surface area (Å²) in [6.45, 7) is 12.9. The van der Waals surface area contributed by atoms with Crippen LogP contribution in [0.5, 0.6) is 0 Å². The van der Waals surface area contributed by atoms with Crippen LogP contribution in [0, 0.1) is 5.41 Å². The zero-order valence-corrected chi connectivity index (χ0v) is 13.1. The van der Waals surface area contributed by atoms with E-state index in [9.17, 15) is 0 Å². The van der Waals surface area contributed by atoms with Crippen molar-refractivity contribution in [3.8, 4) is 0 Å². The van der Waals surface area contributed by atoms with E-state index >= 15 is 0 Å². The molecule has 3 nitrogen and oxygen atoms in total. The summed E-state index contributed by atoms with van der Waals surface area (Å²) in [5.74, 6) is 0. The fourth-order valence-electron chi connectivity index (χ4n) is 2.46. The predicted octanol–water partition coefficient (Wildman–Crippen LogP) is 2.04. The first-order valence-corrected chi connectivity index (χ1v) is 7.48. The molecule has 0 unspecified atom stereocenters. The Balaban J connectivity index is 2.05. The van der Waals surface area contributed by atoms with Crippen molar-refractivity contribution in [3.05, 3.63) is 0 Å². The summed E-state index contributed by atoms with van der Waals surface area (Å²) >= 11 is 0. The Bertz CT molecular complexity index is 214. The quantitative estimate of drug-likeness (QED) is 0.733. The van der Waals surface area contributed by atoms with E-state index in [1.165, 1.54) is 38.9 Å². The summed E-state index contributed by atoms with van der Waals surface area (Å²) in [5.41, 5.74) is 0.451. The van der Waals surface area contributed by atoms with Crippen molar-refractivity contribution in [2.75, 3.05) is 46.8 Å². The number of likely N-dealkylation sites (tertiary alicyclic amines) is 1. The summed E-state index contributed by atoms with van der Waals surface area (Å²) in [6.07, 6.45) is 3.91. The molecule has 0 atom stereocenters. The van der Waals surface area contributed by atoms with Gasteiger partial charge in [-0.3, -0.25) is 0 Å². The highest BCUT2D eigenvalue weighted by atomic mass is 15.2. The van der Waals surface area contributed by atoms with E-state index in [0.29, 0.717) is 5.41 Å². The van der Waals surface area contributed by atoms with Crippen molar-refractivity contribution in [2.45, 2.75) is 46.1 Å².